The van der Waals surface area contributed by atoms with Gasteiger partial charge in [-0.2, -0.15) is 4.31 Å². The average molecular weight is 578 g/mol. The fraction of sp³-hybridized carbons (Fsp3) is 0.310. The molecule has 0 spiro atoms. The number of fused-ring (bicyclic) bond motifs is 9. The molecule has 3 aliphatic rings. The summed E-state index contributed by atoms with van der Waals surface area (Å²) in [5.74, 6) is -0.530. The van der Waals surface area contributed by atoms with E-state index < -0.39 is 28.5 Å². The van der Waals surface area contributed by atoms with Crippen molar-refractivity contribution >= 4 is 27.7 Å². The summed E-state index contributed by atoms with van der Waals surface area (Å²) in [7, 11) is -4.06. The minimum Gasteiger partial charge on any atom is -0.489 e. The third-order valence-corrected chi connectivity index (χ3v) is 8.96. The van der Waals surface area contributed by atoms with Crippen molar-refractivity contribution in [3.8, 4) is 17.0 Å². The largest absolute Gasteiger partial charge is 0.489 e. The molecule has 0 saturated carbocycles. The van der Waals surface area contributed by atoms with Gasteiger partial charge in [0.05, 0.1) is 17.5 Å². The van der Waals surface area contributed by atoms with Gasteiger partial charge in [-0.05, 0) is 42.8 Å². The van der Waals surface area contributed by atoms with Gasteiger partial charge in [-0.15, -0.1) is 0 Å². The molecule has 0 unspecified atom stereocenters. The highest BCUT2D eigenvalue weighted by Crippen LogP contribution is 2.29. The number of rotatable bonds is 3. The van der Waals surface area contributed by atoms with Crippen LogP contribution < -0.4 is 15.4 Å². The fourth-order valence-electron chi connectivity index (χ4n) is 5.13. The molecule has 4 heterocycles. The molecule has 1 fully saturated rings. The molecule has 3 aliphatic heterocycles. The van der Waals surface area contributed by atoms with Crippen molar-refractivity contribution in [3.05, 3.63) is 78.5 Å². The van der Waals surface area contributed by atoms with Gasteiger partial charge in [0.25, 0.3) is 5.91 Å². The van der Waals surface area contributed by atoms with Gasteiger partial charge in [0.15, 0.2) is 0 Å². The zero-order chi connectivity index (χ0) is 29.0. The molecule has 3 amide bonds. The van der Waals surface area contributed by atoms with E-state index in [0.717, 1.165) is 9.87 Å². The quantitative estimate of drug-likeness (QED) is 0.483. The zero-order valence-corrected chi connectivity index (χ0v) is 23.3. The topological polar surface area (TPSA) is 138 Å². The second-order valence-corrected chi connectivity index (χ2v) is 11.9. The molecule has 0 aliphatic carbocycles. The van der Waals surface area contributed by atoms with E-state index >= 15 is 0 Å². The molecule has 2 bridgehead atoms. The summed E-state index contributed by atoms with van der Waals surface area (Å²) in [5, 5.41) is 5.63. The molecule has 6 rings (SSSR count). The number of amides is 3. The summed E-state index contributed by atoms with van der Waals surface area (Å²) in [4.78, 5) is 44.4. The van der Waals surface area contributed by atoms with Crippen LogP contribution in [0.25, 0.3) is 11.3 Å². The van der Waals surface area contributed by atoms with Crippen molar-refractivity contribution < 1.29 is 27.5 Å². The van der Waals surface area contributed by atoms with E-state index in [-0.39, 0.29) is 49.0 Å². The molecule has 214 valence electrons. The zero-order valence-electron chi connectivity index (χ0n) is 22.5. The van der Waals surface area contributed by atoms with Crippen LogP contribution in [-0.4, -0.2) is 85.2 Å². The van der Waals surface area contributed by atoms with Crippen molar-refractivity contribution in [2.45, 2.75) is 30.3 Å². The lowest BCUT2D eigenvalue weighted by atomic mass is 10.1. The number of benzene rings is 2. The molecular weight excluding hydrogens is 546 g/mol. The minimum atomic E-state index is -4.06. The molecule has 1 saturated heterocycles. The van der Waals surface area contributed by atoms with Gasteiger partial charge in [-0.3, -0.25) is 19.4 Å². The molecule has 2 N–H and O–H groups in total. The molecule has 0 radical (unpaired) electrons. The van der Waals surface area contributed by atoms with Crippen LogP contribution >= 0.6 is 0 Å². The highest BCUT2D eigenvalue weighted by molar-refractivity contribution is 7.89. The Kier molecular flexibility index (Phi) is 8.31. The van der Waals surface area contributed by atoms with E-state index in [1.54, 1.807) is 65.7 Å². The van der Waals surface area contributed by atoms with Crippen molar-refractivity contribution in [1.29, 1.82) is 0 Å². The summed E-state index contributed by atoms with van der Waals surface area (Å²) in [6.07, 6.45) is 2.09. The minimum absolute atomic E-state index is 0.00856. The van der Waals surface area contributed by atoms with E-state index in [0.29, 0.717) is 23.4 Å². The molecule has 1 aromatic heterocycles. The van der Waals surface area contributed by atoms with Crippen LogP contribution in [0.15, 0.2) is 77.8 Å². The number of hydrogen-bond acceptors (Lipinski definition) is 7. The van der Waals surface area contributed by atoms with Crippen LogP contribution in [0.5, 0.6) is 5.75 Å². The summed E-state index contributed by atoms with van der Waals surface area (Å²) in [6, 6.07) is 17.5. The standard InChI is InChI=1S/C29H31N5O6S/c1-20(35)32-23-16-24-19-40-26-8-5-13-30-28(26)21-9-11-22(12-10-21)29(37)31-14-15-33(18-27(36)34(24)17-23)41(38,39)25-6-3-2-4-7-25/h2-13,23-24H,14-19H2,1H3,(H,31,37)(H,32,35)/t23-,24-/m0/s1. The van der Waals surface area contributed by atoms with Gasteiger partial charge in [-0.1, -0.05) is 30.3 Å². The lowest BCUT2D eigenvalue weighted by Crippen LogP contribution is -2.48. The monoisotopic (exact) mass is 577 g/mol. The lowest BCUT2D eigenvalue weighted by molar-refractivity contribution is -0.133. The van der Waals surface area contributed by atoms with Crippen molar-refractivity contribution in [2.24, 2.45) is 0 Å². The molecule has 11 nitrogen and oxygen atoms in total. The summed E-state index contributed by atoms with van der Waals surface area (Å²) in [6.45, 7) is 1.17. The Hall–Kier alpha value is -4.29. The van der Waals surface area contributed by atoms with E-state index in [9.17, 15) is 22.8 Å². The second-order valence-electron chi connectivity index (χ2n) is 9.98. The maximum Gasteiger partial charge on any atom is 0.251 e. The number of carbonyl (C=O) groups is 3. The Balaban J connectivity index is 1.50. The SMILES string of the molecule is CC(=O)N[C@H]1C[C@H]2COc3cccnc3-c3ccc(cc3)C(=O)NCCN(S(=O)(=O)c3ccccc3)CC(=O)N2C1. The Morgan fingerprint density at radius 3 is 2.49 bits per heavy atom. The van der Waals surface area contributed by atoms with Gasteiger partial charge >= 0.3 is 0 Å². The molecule has 2 aromatic carbocycles. The molecule has 3 aromatic rings. The fourth-order valence-corrected chi connectivity index (χ4v) is 6.54. The first-order valence-electron chi connectivity index (χ1n) is 13.3. The first kappa shape index (κ1) is 28.2. The number of hydrogen-bond donors (Lipinski definition) is 2. The van der Waals surface area contributed by atoms with Crippen LogP contribution in [0.3, 0.4) is 0 Å². The highest BCUT2D eigenvalue weighted by Gasteiger charge is 2.38. The maximum atomic E-state index is 13.7. The van der Waals surface area contributed by atoms with E-state index in [4.69, 9.17) is 4.74 Å². The lowest BCUT2D eigenvalue weighted by Gasteiger charge is -2.28. The van der Waals surface area contributed by atoms with Gasteiger partial charge in [-0.25, -0.2) is 8.42 Å². The second kappa shape index (κ2) is 12.1. The average Bonchev–Trinajstić information content (AvgIpc) is 3.37. The molecule has 12 heteroatoms. The van der Waals surface area contributed by atoms with Gasteiger partial charge in [0, 0.05) is 49.9 Å². The number of nitrogens with one attached hydrogen (secondary N) is 2. The van der Waals surface area contributed by atoms with Crippen LogP contribution in [-0.2, 0) is 19.6 Å². The first-order chi connectivity index (χ1) is 19.7. The predicted octanol–water partition coefficient (Wildman–Crippen LogP) is 1.67. The third kappa shape index (κ3) is 6.39. The smallest absolute Gasteiger partial charge is 0.251 e. The number of aromatic nitrogens is 1. The summed E-state index contributed by atoms with van der Waals surface area (Å²) in [5.41, 5.74) is 1.73. The molecular formula is C29H31N5O6S. The molecule has 2 atom stereocenters. The molecule has 41 heavy (non-hydrogen) atoms. The van der Waals surface area contributed by atoms with Crippen LogP contribution in [0, 0.1) is 0 Å². The Morgan fingerprint density at radius 1 is 1.02 bits per heavy atom. The highest BCUT2D eigenvalue weighted by atomic mass is 32.2. The number of pyridine rings is 1. The number of sulfonamides is 1. The van der Waals surface area contributed by atoms with Gasteiger partial charge < -0.3 is 20.3 Å². The van der Waals surface area contributed by atoms with Crippen molar-refractivity contribution in [1.82, 2.24) is 24.8 Å². The number of ether oxygens (including phenoxy) is 1. The van der Waals surface area contributed by atoms with Gasteiger partial charge in [0.2, 0.25) is 21.8 Å². The first-order valence-corrected chi connectivity index (χ1v) is 14.7. The van der Waals surface area contributed by atoms with E-state index in [1.165, 1.54) is 19.1 Å². The maximum absolute atomic E-state index is 13.7. The predicted molar refractivity (Wildman–Crippen MR) is 150 cm³/mol. The number of carbonyl (C=O) groups excluding carboxylic acids is 3. The Bertz CT molecular complexity index is 1530. The van der Waals surface area contributed by atoms with Gasteiger partial charge in [0.1, 0.15) is 18.1 Å². The van der Waals surface area contributed by atoms with Crippen LogP contribution in [0.4, 0.5) is 0 Å². The summed E-state index contributed by atoms with van der Waals surface area (Å²) < 4.78 is 34.4. The van der Waals surface area contributed by atoms with E-state index in [1.807, 2.05) is 0 Å². The van der Waals surface area contributed by atoms with Crippen molar-refractivity contribution in [2.75, 3.05) is 32.8 Å². The summed E-state index contributed by atoms with van der Waals surface area (Å²) >= 11 is 0. The normalized spacial score (nSPS) is 20.4. The van der Waals surface area contributed by atoms with Crippen LogP contribution in [0.1, 0.15) is 23.7 Å². The van der Waals surface area contributed by atoms with Crippen molar-refractivity contribution in [3.63, 3.8) is 0 Å². The Labute approximate surface area is 238 Å². The third-order valence-electron chi connectivity index (χ3n) is 7.10. The van der Waals surface area contributed by atoms with E-state index in [2.05, 4.69) is 15.6 Å². The Morgan fingerprint density at radius 2 is 1.76 bits per heavy atom. The number of nitrogens with zero attached hydrogens (tertiary/aromatic N) is 3. The van der Waals surface area contributed by atoms with Crippen LogP contribution in [0.2, 0.25) is 0 Å².